The fourth-order valence-electron chi connectivity index (χ4n) is 3.94. The van der Waals surface area contributed by atoms with Gasteiger partial charge in [0.15, 0.2) is 0 Å². The van der Waals surface area contributed by atoms with Crippen LogP contribution in [0.4, 0.5) is 0 Å². The number of pyridine rings is 1. The molecule has 2 fully saturated rings. The summed E-state index contributed by atoms with van der Waals surface area (Å²) in [6.45, 7) is 7.53. The van der Waals surface area contributed by atoms with Crippen molar-refractivity contribution in [3.05, 3.63) is 47.0 Å². The van der Waals surface area contributed by atoms with Crippen LogP contribution in [0.1, 0.15) is 46.2 Å². The van der Waals surface area contributed by atoms with E-state index in [1.54, 1.807) is 0 Å². The molecule has 2 saturated heterocycles. The van der Waals surface area contributed by atoms with Gasteiger partial charge in [0.2, 0.25) is 0 Å². The van der Waals surface area contributed by atoms with E-state index in [0.717, 1.165) is 43.9 Å². The number of aromatic nitrogens is 3. The van der Waals surface area contributed by atoms with E-state index in [9.17, 15) is 4.79 Å². The Morgan fingerprint density at radius 1 is 1.30 bits per heavy atom. The van der Waals surface area contributed by atoms with E-state index in [2.05, 4.69) is 28.1 Å². The van der Waals surface area contributed by atoms with Crippen LogP contribution in [0.3, 0.4) is 0 Å². The molecule has 144 valence electrons. The first-order valence-electron chi connectivity index (χ1n) is 9.76. The van der Waals surface area contributed by atoms with E-state index >= 15 is 0 Å². The molecule has 2 aromatic rings. The SMILES string of the molecule is Cc1[nH]ncc1CN1CCC[C@@H](c2cccc(C(=O)N3CCOCC3)n2)C1. The first kappa shape index (κ1) is 18.1. The molecule has 0 aromatic carbocycles. The molecule has 0 saturated carbocycles. The van der Waals surface area contributed by atoms with Crippen LogP contribution in [0.15, 0.2) is 24.4 Å². The Labute approximate surface area is 159 Å². The van der Waals surface area contributed by atoms with Crippen molar-refractivity contribution in [1.82, 2.24) is 25.0 Å². The lowest BCUT2D eigenvalue weighted by Crippen LogP contribution is -2.41. The number of amides is 1. The number of aromatic amines is 1. The quantitative estimate of drug-likeness (QED) is 0.892. The molecule has 27 heavy (non-hydrogen) atoms. The molecular formula is C20H27N5O2. The second-order valence-corrected chi connectivity index (χ2v) is 7.45. The number of nitrogens with zero attached hydrogens (tertiary/aromatic N) is 4. The molecule has 2 aliphatic heterocycles. The minimum atomic E-state index is 0.0156. The topological polar surface area (TPSA) is 74.4 Å². The minimum absolute atomic E-state index is 0.0156. The highest BCUT2D eigenvalue weighted by atomic mass is 16.5. The maximum absolute atomic E-state index is 12.7. The van der Waals surface area contributed by atoms with E-state index in [-0.39, 0.29) is 5.91 Å². The number of aryl methyl sites for hydroxylation is 1. The van der Waals surface area contributed by atoms with Gasteiger partial charge in [-0.25, -0.2) is 4.98 Å². The third-order valence-corrected chi connectivity index (χ3v) is 5.54. The third kappa shape index (κ3) is 4.20. The molecule has 1 atom stereocenters. The fraction of sp³-hybridized carbons (Fsp3) is 0.550. The van der Waals surface area contributed by atoms with Gasteiger partial charge in [0.25, 0.3) is 5.91 Å². The number of carbonyl (C=O) groups excluding carboxylic acids is 1. The molecule has 0 spiro atoms. The van der Waals surface area contributed by atoms with Crippen LogP contribution in [0.5, 0.6) is 0 Å². The Bertz CT molecular complexity index is 784. The molecule has 2 aromatic heterocycles. The summed E-state index contributed by atoms with van der Waals surface area (Å²) >= 11 is 0. The predicted molar refractivity (Wildman–Crippen MR) is 102 cm³/mol. The van der Waals surface area contributed by atoms with Crippen LogP contribution in [-0.2, 0) is 11.3 Å². The summed E-state index contributed by atoms with van der Waals surface area (Å²) < 4.78 is 5.34. The minimum Gasteiger partial charge on any atom is -0.378 e. The van der Waals surface area contributed by atoms with Crippen molar-refractivity contribution in [2.45, 2.75) is 32.2 Å². The van der Waals surface area contributed by atoms with Gasteiger partial charge in [0.1, 0.15) is 5.69 Å². The molecule has 2 aliphatic rings. The van der Waals surface area contributed by atoms with Gasteiger partial charge in [-0.1, -0.05) is 6.07 Å². The van der Waals surface area contributed by atoms with Crippen LogP contribution >= 0.6 is 0 Å². The number of nitrogens with one attached hydrogen (secondary N) is 1. The average molecular weight is 369 g/mol. The average Bonchev–Trinajstić information content (AvgIpc) is 3.13. The monoisotopic (exact) mass is 369 g/mol. The number of morpholine rings is 1. The number of hydrogen-bond acceptors (Lipinski definition) is 5. The smallest absolute Gasteiger partial charge is 0.272 e. The molecule has 1 N–H and O–H groups in total. The number of rotatable bonds is 4. The molecule has 0 bridgehead atoms. The normalized spacial score (nSPS) is 21.4. The second kappa shape index (κ2) is 8.19. The van der Waals surface area contributed by atoms with Gasteiger partial charge >= 0.3 is 0 Å². The highest BCUT2D eigenvalue weighted by Crippen LogP contribution is 2.27. The van der Waals surface area contributed by atoms with Crippen molar-refractivity contribution in [3.8, 4) is 0 Å². The third-order valence-electron chi connectivity index (χ3n) is 5.54. The van der Waals surface area contributed by atoms with Crippen LogP contribution in [0.25, 0.3) is 0 Å². The van der Waals surface area contributed by atoms with Crippen LogP contribution < -0.4 is 0 Å². The number of H-pyrrole nitrogens is 1. The first-order chi connectivity index (χ1) is 13.2. The zero-order chi connectivity index (χ0) is 18.6. The van der Waals surface area contributed by atoms with Gasteiger partial charge in [0, 0.05) is 49.0 Å². The van der Waals surface area contributed by atoms with Gasteiger partial charge in [-0.05, 0) is 38.4 Å². The number of ether oxygens (including phenoxy) is 1. The van der Waals surface area contributed by atoms with Gasteiger partial charge in [0.05, 0.1) is 19.4 Å². The predicted octanol–water partition coefficient (Wildman–Crippen LogP) is 1.97. The van der Waals surface area contributed by atoms with Crippen LogP contribution in [0, 0.1) is 6.92 Å². The first-order valence-corrected chi connectivity index (χ1v) is 9.76. The van der Waals surface area contributed by atoms with Crippen molar-refractivity contribution in [1.29, 1.82) is 0 Å². The van der Waals surface area contributed by atoms with Crippen molar-refractivity contribution >= 4 is 5.91 Å². The highest BCUT2D eigenvalue weighted by molar-refractivity contribution is 5.92. The molecule has 0 unspecified atom stereocenters. The van der Waals surface area contributed by atoms with Crippen molar-refractivity contribution < 1.29 is 9.53 Å². The highest BCUT2D eigenvalue weighted by Gasteiger charge is 2.25. The van der Waals surface area contributed by atoms with Crippen LogP contribution in [0.2, 0.25) is 0 Å². The maximum Gasteiger partial charge on any atom is 0.272 e. The molecular weight excluding hydrogens is 342 g/mol. The maximum atomic E-state index is 12.7. The van der Waals surface area contributed by atoms with Crippen LogP contribution in [-0.4, -0.2) is 70.3 Å². The largest absolute Gasteiger partial charge is 0.378 e. The Hall–Kier alpha value is -2.25. The number of likely N-dealkylation sites (tertiary alicyclic amines) is 1. The fourth-order valence-corrected chi connectivity index (χ4v) is 3.94. The zero-order valence-corrected chi connectivity index (χ0v) is 15.9. The summed E-state index contributed by atoms with van der Waals surface area (Å²) in [7, 11) is 0. The summed E-state index contributed by atoms with van der Waals surface area (Å²) in [6, 6.07) is 5.86. The van der Waals surface area contributed by atoms with E-state index in [4.69, 9.17) is 9.72 Å². The van der Waals surface area contributed by atoms with Crippen molar-refractivity contribution in [2.75, 3.05) is 39.4 Å². The Morgan fingerprint density at radius 2 is 2.15 bits per heavy atom. The number of carbonyl (C=O) groups is 1. The Morgan fingerprint density at radius 3 is 2.93 bits per heavy atom. The molecule has 4 rings (SSSR count). The van der Waals surface area contributed by atoms with Gasteiger partial charge in [-0.15, -0.1) is 0 Å². The molecule has 0 radical (unpaired) electrons. The van der Waals surface area contributed by atoms with Gasteiger partial charge < -0.3 is 9.64 Å². The van der Waals surface area contributed by atoms with E-state index in [1.807, 2.05) is 23.2 Å². The van der Waals surface area contributed by atoms with Gasteiger partial charge in [-0.2, -0.15) is 5.10 Å². The molecule has 0 aliphatic carbocycles. The lowest BCUT2D eigenvalue weighted by molar-refractivity contribution is 0.0298. The molecule has 4 heterocycles. The Kier molecular flexibility index (Phi) is 5.50. The summed E-state index contributed by atoms with van der Waals surface area (Å²) in [6.07, 6.45) is 4.17. The number of piperidine rings is 1. The Balaban J connectivity index is 1.44. The zero-order valence-electron chi connectivity index (χ0n) is 15.9. The summed E-state index contributed by atoms with van der Waals surface area (Å²) in [5, 5.41) is 7.14. The molecule has 7 heteroatoms. The van der Waals surface area contributed by atoms with Crippen molar-refractivity contribution in [3.63, 3.8) is 0 Å². The standard InChI is InChI=1S/C20H27N5O2/c1-15-17(12-21-23-15)14-24-7-3-4-16(13-24)18-5-2-6-19(22-18)20(26)25-8-10-27-11-9-25/h2,5-6,12,16H,3-4,7-11,13-14H2,1H3,(H,21,23)/t16-/m1/s1. The summed E-state index contributed by atoms with van der Waals surface area (Å²) in [5.41, 5.74) is 3.97. The van der Waals surface area contributed by atoms with E-state index in [0.29, 0.717) is 37.9 Å². The number of hydrogen-bond donors (Lipinski definition) is 1. The van der Waals surface area contributed by atoms with Crippen molar-refractivity contribution in [2.24, 2.45) is 0 Å². The van der Waals surface area contributed by atoms with E-state index in [1.165, 1.54) is 5.56 Å². The lowest BCUT2D eigenvalue weighted by Gasteiger charge is -2.32. The van der Waals surface area contributed by atoms with Gasteiger partial charge in [-0.3, -0.25) is 14.8 Å². The van der Waals surface area contributed by atoms with E-state index < -0.39 is 0 Å². The molecule has 1 amide bonds. The lowest BCUT2D eigenvalue weighted by atomic mass is 9.93. The molecule has 7 nitrogen and oxygen atoms in total. The summed E-state index contributed by atoms with van der Waals surface area (Å²) in [4.78, 5) is 21.8. The second-order valence-electron chi connectivity index (χ2n) is 7.45. The summed E-state index contributed by atoms with van der Waals surface area (Å²) in [5.74, 6) is 0.380.